The monoisotopic (exact) mass is 226 g/mol. The van der Waals surface area contributed by atoms with Crippen molar-refractivity contribution < 1.29 is 0 Å². The number of fused-ring (bicyclic) bond motifs is 1. The Morgan fingerprint density at radius 1 is 1.18 bits per heavy atom. The summed E-state index contributed by atoms with van der Waals surface area (Å²) in [7, 11) is 0. The van der Waals surface area contributed by atoms with Gasteiger partial charge in [-0.25, -0.2) is 4.98 Å². The predicted molar refractivity (Wildman–Crippen MR) is 63.2 cm³/mol. The SMILES string of the molecule is Cc1cc(-c2cc3nnc(N)n3cn2)ccn1. The summed E-state index contributed by atoms with van der Waals surface area (Å²) in [6, 6.07) is 5.72. The van der Waals surface area contributed by atoms with Crippen molar-refractivity contribution in [3.8, 4) is 11.3 Å². The van der Waals surface area contributed by atoms with E-state index in [0.717, 1.165) is 17.0 Å². The molecule has 0 bridgehead atoms. The molecule has 3 rings (SSSR count). The Bertz CT molecular complexity index is 687. The summed E-state index contributed by atoms with van der Waals surface area (Å²) in [4.78, 5) is 8.48. The number of nitrogen functional groups attached to an aromatic ring is 1. The third-order valence-corrected chi connectivity index (χ3v) is 2.52. The minimum absolute atomic E-state index is 0.338. The highest BCUT2D eigenvalue weighted by Crippen LogP contribution is 2.18. The second kappa shape index (κ2) is 3.51. The highest BCUT2D eigenvalue weighted by Gasteiger charge is 2.05. The van der Waals surface area contributed by atoms with Gasteiger partial charge in [-0.05, 0) is 19.1 Å². The fraction of sp³-hybridized carbons (Fsp3) is 0.0909. The Morgan fingerprint density at radius 2 is 2.06 bits per heavy atom. The molecule has 0 unspecified atom stereocenters. The maximum absolute atomic E-state index is 5.63. The summed E-state index contributed by atoms with van der Waals surface area (Å²) < 4.78 is 1.64. The average Bonchev–Trinajstić information content (AvgIpc) is 2.71. The zero-order chi connectivity index (χ0) is 11.8. The number of anilines is 1. The minimum Gasteiger partial charge on any atom is -0.368 e. The van der Waals surface area contributed by atoms with Crippen LogP contribution in [-0.4, -0.2) is 24.6 Å². The smallest absolute Gasteiger partial charge is 0.227 e. The summed E-state index contributed by atoms with van der Waals surface area (Å²) >= 11 is 0. The largest absolute Gasteiger partial charge is 0.368 e. The fourth-order valence-corrected chi connectivity index (χ4v) is 1.68. The van der Waals surface area contributed by atoms with Gasteiger partial charge in [-0.2, -0.15) is 0 Å². The Kier molecular flexibility index (Phi) is 2.01. The molecular formula is C11H10N6. The molecule has 0 aliphatic heterocycles. The van der Waals surface area contributed by atoms with E-state index in [1.54, 1.807) is 16.9 Å². The number of pyridine rings is 1. The summed E-state index contributed by atoms with van der Waals surface area (Å²) in [5.41, 5.74) is 9.09. The number of hydrogen-bond acceptors (Lipinski definition) is 5. The van der Waals surface area contributed by atoms with Crippen LogP contribution in [0.3, 0.4) is 0 Å². The molecule has 0 atom stereocenters. The number of hydrogen-bond donors (Lipinski definition) is 1. The topological polar surface area (TPSA) is 82.0 Å². The van der Waals surface area contributed by atoms with E-state index in [4.69, 9.17) is 5.73 Å². The van der Waals surface area contributed by atoms with Crippen LogP contribution in [0, 0.1) is 6.92 Å². The van der Waals surface area contributed by atoms with E-state index in [-0.39, 0.29) is 0 Å². The van der Waals surface area contributed by atoms with Crippen molar-refractivity contribution in [3.05, 3.63) is 36.4 Å². The van der Waals surface area contributed by atoms with E-state index in [9.17, 15) is 0 Å². The third-order valence-electron chi connectivity index (χ3n) is 2.52. The van der Waals surface area contributed by atoms with Crippen LogP contribution in [0.2, 0.25) is 0 Å². The van der Waals surface area contributed by atoms with E-state index in [2.05, 4.69) is 20.2 Å². The summed E-state index contributed by atoms with van der Waals surface area (Å²) in [6.07, 6.45) is 3.38. The van der Waals surface area contributed by atoms with Gasteiger partial charge in [-0.3, -0.25) is 9.38 Å². The van der Waals surface area contributed by atoms with Crippen LogP contribution >= 0.6 is 0 Å². The summed E-state index contributed by atoms with van der Waals surface area (Å²) in [5.74, 6) is 0.338. The van der Waals surface area contributed by atoms with Crippen LogP contribution in [0.15, 0.2) is 30.7 Å². The van der Waals surface area contributed by atoms with Gasteiger partial charge in [-0.15, -0.1) is 10.2 Å². The number of aromatic nitrogens is 5. The quantitative estimate of drug-likeness (QED) is 0.671. The van der Waals surface area contributed by atoms with E-state index < -0.39 is 0 Å². The highest BCUT2D eigenvalue weighted by molar-refractivity contribution is 5.63. The van der Waals surface area contributed by atoms with Gasteiger partial charge in [-0.1, -0.05) is 0 Å². The van der Waals surface area contributed by atoms with Crippen LogP contribution in [0.25, 0.3) is 16.9 Å². The van der Waals surface area contributed by atoms with Crippen molar-refractivity contribution in [1.82, 2.24) is 24.6 Å². The molecule has 0 spiro atoms. The molecule has 17 heavy (non-hydrogen) atoms. The summed E-state index contributed by atoms with van der Waals surface area (Å²) in [6.45, 7) is 1.94. The average molecular weight is 226 g/mol. The van der Waals surface area contributed by atoms with E-state index >= 15 is 0 Å². The fourth-order valence-electron chi connectivity index (χ4n) is 1.68. The molecule has 0 saturated carbocycles. The molecule has 0 saturated heterocycles. The van der Waals surface area contributed by atoms with Crippen LogP contribution in [0.1, 0.15) is 5.69 Å². The first-order valence-electron chi connectivity index (χ1n) is 5.13. The predicted octanol–water partition coefficient (Wildman–Crippen LogP) is 1.08. The molecule has 0 aliphatic carbocycles. The first-order valence-corrected chi connectivity index (χ1v) is 5.13. The molecule has 0 aliphatic rings. The zero-order valence-corrected chi connectivity index (χ0v) is 9.20. The number of nitrogens with two attached hydrogens (primary N) is 1. The van der Waals surface area contributed by atoms with Crippen molar-refractivity contribution >= 4 is 11.6 Å². The van der Waals surface area contributed by atoms with Crippen molar-refractivity contribution in [3.63, 3.8) is 0 Å². The van der Waals surface area contributed by atoms with Crippen molar-refractivity contribution in [2.75, 3.05) is 5.73 Å². The molecule has 0 radical (unpaired) electrons. The second-order valence-electron chi connectivity index (χ2n) is 3.75. The first-order chi connectivity index (χ1) is 8.24. The van der Waals surface area contributed by atoms with Gasteiger partial charge in [0, 0.05) is 23.5 Å². The molecule has 6 heteroatoms. The maximum Gasteiger partial charge on any atom is 0.227 e. The first kappa shape index (κ1) is 9.71. The molecule has 0 aromatic carbocycles. The number of rotatable bonds is 1. The zero-order valence-electron chi connectivity index (χ0n) is 9.20. The van der Waals surface area contributed by atoms with Crippen LogP contribution in [0.4, 0.5) is 5.95 Å². The maximum atomic E-state index is 5.63. The third kappa shape index (κ3) is 1.59. The van der Waals surface area contributed by atoms with Crippen LogP contribution in [-0.2, 0) is 0 Å². The molecule has 3 aromatic rings. The van der Waals surface area contributed by atoms with Gasteiger partial charge in [0.1, 0.15) is 6.33 Å². The second-order valence-corrected chi connectivity index (χ2v) is 3.75. The van der Waals surface area contributed by atoms with Crippen molar-refractivity contribution in [2.45, 2.75) is 6.92 Å². The Morgan fingerprint density at radius 3 is 2.88 bits per heavy atom. The standard InChI is InChI=1S/C11H10N6/c1-7-4-8(2-3-13-7)9-5-10-15-16-11(12)17(10)6-14-9/h2-6H,1H3,(H2,12,16). The van der Waals surface area contributed by atoms with E-state index in [0.29, 0.717) is 11.6 Å². The lowest BCUT2D eigenvalue weighted by molar-refractivity contribution is 1.09. The van der Waals surface area contributed by atoms with Gasteiger partial charge >= 0.3 is 0 Å². The van der Waals surface area contributed by atoms with Crippen LogP contribution in [0.5, 0.6) is 0 Å². The van der Waals surface area contributed by atoms with Gasteiger partial charge in [0.25, 0.3) is 0 Å². The molecule has 2 N–H and O–H groups in total. The lowest BCUT2D eigenvalue weighted by atomic mass is 10.1. The lowest BCUT2D eigenvalue weighted by Gasteiger charge is -2.01. The number of aryl methyl sites for hydroxylation is 1. The van der Waals surface area contributed by atoms with Crippen molar-refractivity contribution in [2.24, 2.45) is 0 Å². The lowest BCUT2D eigenvalue weighted by Crippen LogP contribution is -1.96. The van der Waals surface area contributed by atoms with Gasteiger partial charge in [0.2, 0.25) is 5.95 Å². The Hall–Kier alpha value is -2.50. The molecule has 3 aromatic heterocycles. The molecule has 6 nitrogen and oxygen atoms in total. The van der Waals surface area contributed by atoms with Gasteiger partial charge in [0.15, 0.2) is 5.65 Å². The molecular weight excluding hydrogens is 216 g/mol. The number of nitrogens with zero attached hydrogens (tertiary/aromatic N) is 5. The molecule has 0 amide bonds. The summed E-state index contributed by atoms with van der Waals surface area (Å²) in [5, 5.41) is 7.75. The van der Waals surface area contributed by atoms with E-state index in [1.807, 2.05) is 25.1 Å². The normalized spacial score (nSPS) is 10.9. The Labute approximate surface area is 97.2 Å². The van der Waals surface area contributed by atoms with Crippen LogP contribution < -0.4 is 5.73 Å². The van der Waals surface area contributed by atoms with E-state index in [1.165, 1.54) is 0 Å². The van der Waals surface area contributed by atoms with Crippen molar-refractivity contribution in [1.29, 1.82) is 0 Å². The molecule has 0 fully saturated rings. The Balaban J connectivity index is 2.18. The van der Waals surface area contributed by atoms with Gasteiger partial charge in [0.05, 0.1) is 5.69 Å². The van der Waals surface area contributed by atoms with Gasteiger partial charge < -0.3 is 5.73 Å². The highest BCUT2D eigenvalue weighted by atomic mass is 15.3. The minimum atomic E-state index is 0.338. The molecule has 3 heterocycles. The molecule has 84 valence electrons.